The summed E-state index contributed by atoms with van der Waals surface area (Å²) in [7, 11) is 0. The largest absolute Gasteiger partial charge is 0.489 e. The first kappa shape index (κ1) is 16.1. The fourth-order valence-corrected chi connectivity index (χ4v) is 2.19. The number of rotatable bonds is 8. The molecule has 2 unspecified atom stereocenters. The van der Waals surface area contributed by atoms with E-state index in [0.717, 1.165) is 10.9 Å². The molecular weight excluding hydrogens is 282 g/mol. The Hall–Kier alpha value is -2.25. The van der Waals surface area contributed by atoms with Crippen LogP contribution in [0.1, 0.15) is 12.8 Å². The molecule has 7 nitrogen and oxygen atoms in total. The number of ether oxygens (including phenoxy) is 1. The minimum atomic E-state index is -0.743. The average Bonchev–Trinajstić information content (AvgIpc) is 2.92. The number of nitrogens with zero attached hydrogens (tertiary/aromatic N) is 1. The van der Waals surface area contributed by atoms with Gasteiger partial charge in [0.25, 0.3) is 0 Å². The zero-order valence-electron chi connectivity index (χ0n) is 12.4. The van der Waals surface area contributed by atoms with Crippen LogP contribution >= 0.6 is 0 Å². The molecule has 120 valence electrons. The van der Waals surface area contributed by atoms with Gasteiger partial charge in [0.05, 0.1) is 0 Å². The number of aromatic nitrogens is 1. The molecule has 22 heavy (non-hydrogen) atoms. The second-order valence-electron chi connectivity index (χ2n) is 5.19. The third-order valence-electron chi connectivity index (χ3n) is 3.45. The first-order valence-electron chi connectivity index (χ1n) is 7.26. The predicted molar refractivity (Wildman–Crippen MR) is 87.7 cm³/mol. The van der Waals surface area contributed by atoms with Gasteiger partial charge in [0.15, 0.2) is 5.96 Å². The molecule has 0 radical (unpaired) electrons. The van der Waals surface area contributed by atoms with Crippen LogP contribution in [-0.4, -0.2) is 41.3 Å². The van der Waals surface area contributed by atoms with Gasteiger partial charge in [-0.2, -0.15) is 0 Å². The SMILES string of the molecule is NC(N)=NCCCC(N)C(O)COc1c[nH]c2ccccc12. The Bertz CT molecular complexity index is 621. The molecule has 0 aliphatic heterocycles. The average molecular weight is 305 g/mol. The van der Waals surface area contributed by atoms with Crippen LogP contribution in [0.4, 0.5) is 0 Å². The molecule has 0 aliphatic rings. The van der Waals surface area contributed by atoms with Crippen LogP contribution in [0.3, 0.4) is 0 Å². The number of benzene rings is 1. The summed E-state index contributed by atoms with van der Waals surface area (Å²) in [6.07, 6.45) is 2.37. The molecule has 2 atom stereocenters. The normalized spacial score (nSPS) is 13.7. The lowest BCUT2D eigenvalue weighted by Crippen LogP contribution is -2.38. The molecule has 0 saturated heterocycles. The van der Waals surface area contributed by atoms with Gasteiger partial charge in [-0.15, -0.1) is 0 Å². The number of hydrogen-bond acceptors (Lipinski definition) is 4. The molecule has 0 bridgehead atoms. The number of aromatic amines is 1. The van der Waals surface area contributed by atoms with Gasteiger partial charge in [0.2, 0.25) is 0 Å². The maximum Gasteiger partial charge on any atom is 0.185 e. The van der Waals surface area contributed by atoms with E-state index in [1.54, 1.807) is 6.20 Å². The van der Waals surface area contributed by atoms with Crippen molar-refractivity contribution in [2.24, 2.45) is 22.2 Å². The van der Waals surface area contributed by atoms with Crippen LogP contribution in [0.5, 0.6) is 5.75 Å². The highest BCUT2D eigenvalue weighted by molar-refractivity contribution is 5.85. The van der Waals surface area contributed by atoms with Crippen LogP contribution in [0, 0.1) is 0 Å². The zero-order chi connectivity index (χ0) is 15.9. The highest BCUT2D eigenvalue weighted by atomic mass is 16.5. The standard InChI is InChI=1S/C15H23N5O2/c16-11(5-3-7-19-15(17)18)13(21)9-22-14-8-20-12-6-2-1-4-10(12)14/h1-2,4,6,8,11,13,20-21H,3,5,7,9,16H2,(H4,17,18,19). The zero-order valence-corrected chi connectivity index (χ0v) is 12.4. The topological polar surface area (TPSA) is 136 Å². The Morgan fingerprint density at radius 3 is 2.86 bits per heavy atom. The minimum absolute atomic E-state index is 0.0665. The van der Waals surface area contributed by atoms with Crippen molar-refractivity contribution in [3.05, 3.63) is 30.5 Å². The molecule has 0 saturated carbocycles. The lowest BCUT2D eigenvalue weighted by Gasteiger charge is -2.18. The van der Waals surface area contributed by atoms with Crippen LogP contribution in [0.25, 0.3) is 10.9 Å². The quantitative estimate of drug-likeness (QED) is 0.271. The van der Waals surface area contributed by atoms with Crippen LogP contribution in [0.2, 0.25) is 0 Å². The lowest BCUT2D eigenvalue weighted by molar-refractivity contribution is 0.0829. The maximum absolute atomic E-state index is 10.1. The summed E-state index contributed by atoms with van der Waals surface area (Å²) >= 11 is 0. The van der Waals surface area contributed by atoms with Crippen molar-refractivity contribution in [2.45, 2.75) is 25.0 Å². The van der Waals surface area contributed by atoms with E-state index in [2.05, 4.69) is 9.98 Å². The predicted octanol–water partition coefficient (Wildman–Crippen LogP) is 0.289. The monoisotopic (exact) mass is 305 g/mol. The first-order chi connectivity index (χ1) is 10.6. The Morgan fingerprint density at radius 2 is 2.09 bits per heavy atom. The van der Waals surface area contributed by atoms with E-state index in [1.165, 1.54) is 0 Å². The second-order valence-corrected chi connectivity index (χ2v) is 5.19. The molecule has 8 N–H and O–H groups in total. The molecule has 0 aliphatic carbocycles. The maximum atomic E-state index is 10.1. The number of nitrogens with two attached hydrogens (primary N) is 3. The molecule has 1 aromatic carbocycles. The van der Waals surface area contributed by atoms with Crippen LogP contribution in [0.15, 0.2) is 35.5 Å². The molecule has 0 spiro atoms. The van der Waals surface area contributed by atoms with Crippen molar-refractivity contribution < 1.29 is 9.84 Å². The van der Waals surface area contributed by atoms with Crippen molar-refractivity contribution in [1.29, 1.82) is 0 Å². The molecule has 7 heteroatoms. The molecule has 2 aromatic rings. The number of aliphatic hydroxyl groups is 1. The van der Waals surface area contributed by atoms with Crippen molar-refractivity contribution in [3.8, 4) is 5.75 Å². The van der Waals surface area contributed by atoms with Crippen molar-refractivity contribution in [2.75, 3.05) is 13.2 Å². The number of para-hydroxylation sites is 1. The van der Waals surface area contributed by atoms with Gasteiger partial charge in [-0.25, -0.2) is 0 Å². The number of aliphatic imine (C=N–C) groups is 1. The molecule has 2 rings (SSSR count). The Morgan fingerprint density at radius 1 is 1.32 bits per heavy atom. The number of nitrogens with one attached hydrogen (secondary N) is 1. The lowest BCUT2D eigenvalue weighted by atomic mass is 10.1. The minimum Gasteiger partial charge on any atom is -0.489 e. The van der Waals surface area contributed by atoms with E-state index in [9.17, 15) is 5.11 Å². The molecule has 1 aromatic heterocycles. The number of H-pyrrole nitrogens is 1. The van der Waals surface area contributed by atoms with E-state index in [0.29, 0.717) is 25.1 Å². The van der Waals surface area contributed by atoms with E-state index >= 15 is 0 Å². The summed E-state index contributed by atoms with van der Waals surface area (Å²) in [5.41, 5.74) is 17.4. The Balaban J connectivity index is 1.79. The van der Waals surface area contributed by atoms with Gasteiger partial charge in [-0.05, 0) is 25.0 Å². The van der Waals surface area contributed by atoms with E-state index in [4.69, 9.17) is 21.9 Å². The van der Waals surface area contributed by atoms with Gasteiger partial charge in [0.1, 0.15) is 18.5 Å². The van der Waals surface area contributed by atoms with Gasteiger partial charge in [0, 0.05) is 29.7 Å². The summed E-state index contributed by atoms with van der Waals surface area (Å²) in [6.45, 7) is 0.650. The Labute approximate surface area is 129 Å². The summed E-state index contributed by atoms with van der Waals surface area (Å²) in [6, 6.07) is 7.44. The highest BCUT2D eigenvalue weighted by Crippen LogP contribution is 2.24. The second kappa shape index (κ2) is 7.67. The van der Waals surface area contributed by atoms with E-state index < -0.39 is 6.10 Å². The molecule has 0 amide bonds. The number of aliphatic hydroxyl groups excluding tert-OH is 1. The summed E-state index contributed by atoms with van der Waals surface area (Å²) in [5, 5.41) is 11.0. The third kappa shape index (κ3) is 4.37. The van der Waals surface area contributed by atoms with E-state index in [-0.39, 0.29) is 18.6 Å². The van der Waals surface area contributed by atoms with Gasteiger partial charge in [-0.1, -0.05) is 12.1 Å². The smallest absolute Gasteiger partial charge is 0.185 e. The van der Waals surface area contributed by atoms with Crippen LogP contribution in [-0.2, 0) is 0 Å². The third-order valence-corrected chi connectivity index (χ3v) is 3.45. The van der Waals surface area contributed by atoms with Gasteiger partial charge in [-0.3, -0.25) is 4.99 Å². The first-order valence-corrected chi connectivity index (χ1v) is 7.26. The highest BCUT2D eigenvalue weighted by Gasteiger charge is 2.16. The Kier molecular flexibility index (Phi) is 5.62. The summed E-state index contributed by atoms with van der Waals surface area (Å²) < 4.78 is 5.66. The summed E-state index contributed by atoms with van der Waals surface area (Å²) in [4.78, 5) is 6.99. The number of hydrogen-bond donors (Lipinski definition) is 5. The summed E-state index contributed by atoms with van der Waals surface area (Å²) in [5.74, 6) is 0.777. The van der Waals surface area contributed by atoms with Crippen molar-refractivity contribution in [1.82, 2.24) is 4.98 Å². The van der Waals surface area contributed by atoms with Crippen molar-refractivity contribution in [3.63, 3.8) is 0 Å². The van der Waals surface area contributed by atoms with Crippen molar-refractivity contribution >= 4 is 16.9 Å². The van der Waals surface area contributed by atoms with Gasteiger partial charge < -0.3 is 32.0 Å². The van der Waals surface area contributed by atoms with Gasteiger partial charge >= 0.3 is 0 Å². The fraction of sp³-hybridized carbons (Fsp3) is 0.400. The number of fused-ring (bicyclic) bond motifs is 1. The van der Waals surface area contributed by atoms with E-state index in [1.807, 2.05) is 24.3 Å². The fourth-order valence-electron chi connectivity index (χ4n) is 2.19. The van der Waals surface area contributed by atoms with Crippen LogP contribution < -0.4 is 21.9 Å². The molecule has 1 heterocycles. The molecular formula is C15H23N5O2. The molecule has 0 fully saturated rings. The number of guanidine groups is 1.